The van der Waals surface area contributed by atoms with Crippen molar-refractivity contribution in [3.05, 3.63) is 51.1 Å². The van der Waals surface area contributed by atoms with Crippen LogP contribution in [0.4, 0.5) is 0 Å². The maximum absolute atomic E-state index is 12.1. The van der Waals surface area contributed by atoms with E-state index >= 15 is 0 Å². The molecule has 0 saturated carbocycles. The van der Waals surface area contributed by atoms with Crippen LogP contribution >= 0.6 is 11.6 Å². The maximum atomic E-state index is 12.1. The van der Waals surface area contributed by atoms with Gasteiger partial charge in [-0.05, 0) is 37.6 Å². The van der Waals surface area contributed by atoms with Gasteiger partial charge in [-0.1, -0.05) is 18.5 Å². The summed E-state index contributed by atoms with van der Waals surface area (Å²) < 4.78 is 5.33. The van der Waals surface area contributed by atoms with Gasteiger partial charge in [0.25, 0.3) is 0 Å². The van der Waals surface area contributed by atoms with Crippen molar-refractivity contribution in [3.8, 4) is 0 Å². The molecule has 0 aliphatic heterocycles. The van der Waals surface area contributed by atoms with E-state index in [-0.39, 0.29) is 5.63 Å². The summed E-state index contributed by atoms with van der Waals surface area (Å²) in [7, 11) is 0. The summed E-state index contributed by atoms with van der Waals surface area (Å²) >= 11 is 6.04. The standard InChI is InChI=1S/C15H12ClNO2/c1-3-10-7-12-11-6-9(16)4-5-13(11)19-15(18)14(12)8(2)17-10/h4-7H,3H2,1-2H3. The highest BCUT2D eigenvalue weighted by molar-refractivity contribution is 6.31. The van der Waals surface area contributed by atoms with E-state index in [4.69, 9.17) is 16.0 Å². The molecule has 0 bridgehead atoms. The molecule has 96 valence electrons. The third kappa shape index (κ3) is 1.90. The molecule has 0 aliphatic rings. The molecule has 0 amide bonds. The van der Waals surface area contributed by atoms with Crippen molar-refractivity contribution >= 4 is 33.3 Å². The fraction of sp³-hybridized carbons (Fsp3) is 0.200. The summed E-state index contributed by atoms with van der Waals surface area (Å²) in [5.74, 6) is 0. The van der Waals surface area contributed by atoms with E-state index in [0.717, 1.165) is 22.9 Å². The first kappa shape index (κ1) is 12.2. The lowest BCUT2D eigenvalue weighted by Gasteiger charge is -2.07. The first-order chi connectivity index (χ1) is 9.10. The third-order valence-electron chi connectivity index (χ3n) is 3.25. The van der Waals surface area contributed by atoms with Crippen molar-refractivity contribution in [1.29, 1.82) is 0 Å². The van der Waals surface area contributed by atoms with E-state index in [1.165, 1.54) is 0 Å². The van der Waals surface area contributed by atoms with Crippen LogP contribution in [0.3, 0.4) is 0 Å². The highest BCUT2D eigenvalue weighted by Crippen LogP contribution is 2.27. The van der Waals surface area contributed by atoms with Crippen molar-refractivity contribution in [3.63, 3.8) is 0 Å². The summed E-state index contributed by atoms with van der Waals surface area (Å²) in [4.78, 5) is 16.5. The second-order valence-corrected chi connectivity index (χ2v) is 4.94. The first-order valence-corrected chi connectivity index (χ1v) is 6.50. The van der Waals surface area contributed by atoms with Gasteiger partial charge in [-0.2, -0.15) is 0 Å². The number of fused-ring (bicyclic) bond motifs is 3. The molecule has 3 nitrogen and oxygen atoms in total. The summed E-state index contributed by atoms with van der Waals surface area (Å²) in [6.07, 6.45) is 0.819. The van der Waals surface area contributed by atoms with Crippen molar-refractivity contribution in [2.75, 3.05) is 0 Å². The van der Waals surface area contributed by atoms with Crippen molar-refractivity contribution in [2.24, 2.45) is 0 Å². The Morgan fingerprint density at radius 2 is 2.05 bits per heavy atom. The molecule has 4 heteroatoms. The zero-order valence-electron chi connectivity index (χ0n) is 10.7. The molecule has 3 rings (SSSR count). The molecule has 0 saturated heterocycles. The Hall–Kier alpha value is -1.87. The predicted molar refractivity (Wildman–Crippen MR) is 76.9 cm³/mol. The Balaban J connectivity index is 2.61. The van der Waals surface area contributed by atoms with Gasteiger partial charge >= 0.3 is 5.63 Å². The van der Waals surface area contributed by atoms with Gasteiger partial charge < -0.3 is 4.42 Å². The van der Waals surface area contributed by atoms with Gasteiger partial charge in [0, 0.05) is 21.5 Å². The molecule has 0 fully saturated rings. The lowest BCUT2D eigenvalue weighted by molar-refractivity contribution is 0.569. The largest absolute Gasteiger partial charge is 0.422 e. The maximum Gasteiger partial charge on any atom is 0.346 e. The van der Waals surface area contributed by atoms with Gasteiger partial charge in [0.2, 0.25) is 0 Å². The zero-order valence-corrected chi connectivity index (χ0v) is 11.4. The zero-order chi connectivity index (χ0) is 13.6. The van der Waals surface area contributed by atoms with E-state index in [1.54, 1.807) is 12.1 Å². The molecule has 3 aromatic rings. The number of rotatable bonds is 1. The fourth-order valence-electron chi connectivity index (χ4n) is 2.34. The quantitative estimate of drug-likeness (QED) is 0.499. The number of benzene rings is 1. The van der Waals surface area contributed by atoms with E-state index in [9.17, 15) is 4.79 Å². The van der Waals surface area contributed by atoms with Crippen LogP contribution in [0, 0.1) is 6.92 Å². The van der Waals surface area contributed by atoms with Crippen molar-refractivity contribution in [2.45, 2.75) is 20.3 Å². The average Bonchev–Trinajstić information content (AvgIpc) is 2.39. The Bertz CT molecular complexity index is 852. The summed E-state index contributed by atoms with van der Waals surface area (Å²) in [5, 5.41) is 2.86. The van der Waals surface area contributed by atoms with Gasteiger partial charge in [-0.3, -0.25) is 4.98 Å². The summed E-state index contributed by atoms with van der Waals surface area (Å²) in [5.41, 5.74) is 1.86. The third-order valence-corrected chi connectivity index (χ3v) is 3.49. The van der Waals surface area contributed by atoms with Gasteiger partial charge in [-0.25, -0.2) is 4.79 Å². The van der Waals surface area contributed by atoms with Crippen LogP contribution in [0.2, 0.25) is 5.02 Å². The number of halogens is 1. The molecule has 2 aromatic heterocycles. The molecule has 0 unspecified atom stereocenters. The minimum atomic E-state index is -0.350. The van der Waals surface area contributed by atoms with E-state index in [1.807, 2.05) is 26.0 Å². The number of nitrogens with zero attached hydrogens (tertiary/aromatic N) is 1. The van der Waals surface area contributed by atoms with Crippen LogP contribution < -0.4 is 5.63 Å². The van der Waals surface area contributed by atoms with Crippen LogP contribution in [-0.2, 0) is 6.42 Å². The smallest absolute Gasteiger partial charge is 0.346 e. The van der Waals surface area contributed by atoms with Gasteiger partial charge in [0.15, 0.2) is 0 Å². The predicted octanol–water partition coefficient (Wildman–Crippen LogP) is 3.87. The van der Waals surface area contributed by atoms with Crippen LogP contribution in [-0.4, -0.2) is 4.98 Å². The Labute approximate surface area is 114 Å². The van der Waals surface area contributed by atoms with Gasteiger partial charge in [0.05, 0.1) is 11.1 Å². The molecule has 19 heavy (non-hydrogen) atoms. The average molecular weight is 274 g/mol. The Morgan fingerprint density at radius 3 is 2.79 bits per heavy atom. The molecular weight excluding hydrogens is 262 g/mol. The topological polar surface area (TPSA) is 43.1 Å². The molecule has 0 spiro atoms. The molecule has 0 atom stereocenters. The minimum absolute atomic E-state index is 0.350. The lowest BCUT2D eigenvalue weighted by atomic mass is 10.1. The monoisotopic (exact) mass is 273 g/mol. The number of aryl methyl sites for hydroxylation is 2. The van der Waals surface area contributed by atoms with E-state index in [2.05, 4.69) is 4.98 Å². The normalized spacial score (nSPS) is 11.3. The molecule has 1 aromatic carbocycles. The summed E-state index contributed by atoms with van der Waals surface area (Å²) in [6, 6.07) is 7.20. The van der Waals surface area contributed by atoms with Crippen LogP contribution in [0.1, 0.15) is 18.3 Å². The Kier molecular flexibility index (Phi) is 2.79. The van der Waals surface area contributed by atoms with Crippen molar-refractivity contribution < 1.29 is 4.42 Å². The SMILES string of the molecule is CCc1cc2c(c(C)n1)c(=O)oc1ccc(Cl)cc12. The molecule has 0 N–H and O–H groups in total. The number of aromatic nitrogens is 1. The molecular formula is C15H12ClNO2. The molecule has 2 heterocycles. The molecule has 0 aliphatic carbocycles. The second-order valence-electron chi connectivity index (χ2n) is 4.51. The second kappa shape index (κ2) is 4.35. The van der Waals surface area contributed by atoms with Gasteiger partial charge in [-0.15, -0.1) is 0 Å². The van der Waals surface area contributed by atoms with Gasteiger partial charge in [0.1, 0.15) is 5.58 Å². The van der Waals surface area contributed by atoms with Crippen molar-refractivity contribution in [1.82, 2.24) is 4.98 Å². The number of pyridine rings is 1. The summed E-state index contributed by atoms with van der Waals surface area (Å²) in [6.45, 7) is 3.86. The highest BCUT2D eigenvalue weighted by atomic mass is 35.5. The van der Waals surface area contributed by atoms with Crippen LogP contribution in [0.25, 0.3) is 21.7 Å². The first-order valence-electron chi connectivity index (χ1n) is 6.12. The highest BCUT2D eigenvalue weighted by Gasteiger charge is 2.12. The lowest BCUT2D eigenvalue weighted by Crippen LogP contribution is -2.05. The minimum Gasteiger partial charge on any atom is -0.422 e. The van der Waals surface area contributed by atoms with E-state index in [0.29, 0.717) is 21.7 Å². The fourth-order valence-corrected chi connectivity index (χ4v) is 2.51. The number of hydrogen-bond donors (Lipinski definition) is 0. The van der Waals surface area contributed by atoms with E-state index < -0.39 is 0 Å². The van der Waals surface area contributed by atoms with Crippen LogP contribution in [0.15, 0.2) is 33.5 Å². The van der Waals surface area contributed by atoms with Crippen LogP contribution in [0.5, 0.6) is 0 Å². The Morgan fingerprint density at radius 1 is 1.26 bits per heavy atom. The molecule has 0 radical (unpaired) electrons. The number of hydrogen-bond acceptors (Lipinski definition) is 3.